The maximum absolute atomic E-state index is 13.7. The van der Waals surface area contributed by atoms with Crippen molar-refractivity contribution in [2.24, 2.45) is 23.7 Å². The van der Waals surface area contributed by atoms with Gasteiger partial charge in [-0.1, -0.05) is 49.2 Å². The number of aliphatic hydroxyl groups excluding tert-OH is 1. The van der Waals surface area contributed by atoms with Gasteiger partial charge in [0.25, 0.3) is 0 Å². The van der Waals surface area contributed by atoms with Gasteiger partial charge in [-0.05, 0) is 50.2 Å². The number of carbonyl (C=O) groups is 3. The number of hydrogen-bond acceptors (Lipinski definition) is 4. The number of unbranched alkanes of at least 4 members (excludes halogenated alkanes) is 2. The SMILES string of the molecule is CCC[C@@H]1C=C[C@H]2[C@H](C(=O)N(CCCCCO)[C@@H]2C(=O)Nc2c(C)cccc2Cl)[C@@H]1C(=O)NC. The zero-order valence-electron chi connectivity index (χ0n) is 20.2. The Labute approximate surface area is 206 Å². The van der Waals surface area contributed by atoms with Gasteiger partial charge in [-0.25, -0.2) is 0 Å². The van der Waals surface area contributed by atoms with E-state index in [-0.39, 0.29) is 30.2 Å². The number of likely N-dealkylation sites (tertiary alicyclic amines) is 1. The van der Waals surface area contributed by atoms with Crippen LogP contribution < -0.4 is 10.6 Å². The molecule has 1 aliphatic heterocycles. The lowest BCUT2D eigenvalue weighted by Crippen LogP contribution is -2.45. The number of rotatable bonds is 10. The van der Waals surface area contributed by atoms with E-state index in [1.165, 1.54) is 0 Å². The Morgan fingerprint density at radius 1 is 1.15 bits per heavy atom. The smallest absolute Gasteiger partial charge is 0.247 e. The van der Waals surface area contributed by atoms with E-state index in [1.807, 2.05) is 31.2 Å². The van der Waals surface area contributed by atoms with E-state index < -0.39 is 23.8 Å². The molecular formula is C26H36ClN3O4. The first-order valence-electron chi connectivity index (χ1n) is 12.2. The van der Waals surface area contributed by atoms with E-state index in [0.29, 0.717) is 30.1 Å². The zero-order chi connectivity index (χ0) is 24.8. The highest BCUT2D eigenvalue weighted by Gasteiger charge is 2.56. The highest BCUT2D eigenvalue weighted by atomic mass is 35.5. The van der Waals surface area contributed by atoms with Crippen molar-refractivity contribution in [3.05, 3.63) is 40.9 Å². The van der Waals surface area contributed by atoms with Crippen molar-refractivity contribution in [2.45, 2.75) is 52.0 Å². The third kappa shape index (κ3) is 5.31. The number of nitrogens with one attached hydrogen (secondary N) is 2. The molecule has 1 aromatic rings. The zero-order valence-corrected chi connectivity index (χ0v) is 21.0. The van der Waals surface area contributed by atoms with Crippen LogP contribution in [0.3, 0.4) is 0 Å². The molecule has 186 valence electrons. The van der Waals surface area contributed by atoms with E-state index in [4.69, 9.17) is 16.7 Å². The van der Waals surface area contributed by atoms with Crippen LogP contribution in [0.15, 0.2) is 30.4 Å². The third-order valence-electron chi connectivity index (χ3n) is 7.08. The Morgan fingerprint density at radius 2 is 1.91 bits per heavy atom. The molecule has 3 rings (SSSR count). The van der Waals surface area contributed by atoms with Crippen LogP contribution in [0, 0.1) is 30.6 Å². The molecule has 1 saturated heterocycles. The maximum Gasteiger partial charge on any atom is 0.247 e. The number of allylic oxidation sites excluding steroid dienone is 1. The second-order valence-electron chi connectivity index (χ2n) is 9.26. The molecule has 3 amide bonds. The molecule has 5 atom stereocenters. The van der Waals surface area contributed by atoms with E-state index in [9.17, 15) is 14.4 Å². The first-order chi connectivity index (χ1) is 16.3. The number of amides is 3. The molecule has 2 aliphatic rings. The summed E-state index contributed by atoms with van der Waals surface area (Å²) < 4.78 is 0. The van der Waals surface area contributed by atoms with Gasteiger partial charge < -0.3 is 20.6 Å². The van der Waals surface area contributed by atoms with Crippen molar-refractivity contribution in [1.29, 1.82) is 0 Å². The average molecular weight is 490 g/mol. The standard InChI is InChI=1S/C26H36ClN3O4/c1-4-9-17-12-13-18-21(20(17)24(32)28-3)26(34)30(14-6-5-7-15-31)23(18)25(33)29-22-16(2)10-8-11-19(22)27/h8,10-13,17-18,20-21,23,31H,4-7,9,14-15H2,1-3H3,(H,28,32)(H,29,33)/t17-,18+,20-,21+,23+/m1/s1. The number of nitrogens with zero attached hydrogens (tertiary/aromatic N) is 1. The fourth-order valence-electron chi connectivity index (χ4n) is 5.43. The van der Waals surface area contributed by atoms with Crippen LogP contribution in [0.2, 0.25) is 5.02 Å². The molecule has 0 spiro atoms. The van der Waals surface area contributed by atoms with E-state index in [1.54, 1.807) is 18.0 Å². The normalized spacial score (nSPS) is 25.9. The lowest BCUT2D eigenvalue weighted by molar-refractivity contribution is -0.140. The summed E-state index contributed by atoms with van der Waals surface area (Å²) in [5.74, 6) is -2.14. The minimum atomic E-state index is -0.728. The summed E-state index contributed by atoms with van der Waals surface area (Å²) in [5, 5.41) is 15.3. The van der Waals surface area contributed by atoms with Crippen LogP contribution in [0.4, 0.5) is 5.69 Å². The van der Waals surface area contributed by atoms with Gasteiger partial charge in [-0.15, -0.1) is 0 Å². The van der Waals surface area contributed by atoms with Gasteiger partial charge in [0.05, 0.1) is 22.5 Å². The van der Waals surface area contributed by atoms with Crippen molar-refractivity contribution >= 4 is 35.0 Å². The molecule has 8 heteroatoms. The molecule has 1 aliphatic carbocycles. The second-order valence-corrected chi connectivity index (χ2v) is 9.67. The summed E-state index contributed by atoms with van der Waals surface area (Å²) in [5.41, 5.74) is 1.37. The van der Waals surface area contributed by atoms with Gasteiger partial charge >= 0.3 is 0 Å². The number of anilines is 1. The summed E-state index contributed by atoms with van der Waals surface area (Å²) >= 11 is 6.35. The summed E-state index contributed by atoms with van der Waals surface area (Å²) in [7, 11) is 1.59. The number of aliphatic hydroxyl groups is 1. The quantitative estimate of drug-likeness (QED) is 0.346. The number of carbonyl (C=O) groups excluding carboxylic acids is 3. The Bertz CT molecular complexity index is 914. The number of hydrogen-bond donors (Lipinski definition) is 3. The molecule has 0 unspecified atom stereocenters. The Hall–Kier alpha value is -2.38. The second kappa shape index (κ2) is 11.8. The number of para-hydroxylation sites is 1. The molecule has 1 heterocycles. The van der Waals surface area contributed by atoms with Crippen molar-refractivity contribution in [3.63, 3.8) is 0 Å². The van der Waals surface area contributed by atoms with E-state index in [2.05, 4.69) is 17.6 Å². The molecule has 0 aromatic heterocycles. The maximum atomic E-state index is 13.7. The van der Waals surface area contributed by atoms with E-state index in [0.717, 1.165) is 24.8 Å². The lowest BCUT2D eigenvalue weighted by Gasteiger charge is -2.34. The van der Waals surface area contributed by atoms with Crippen LogP contribution in [0.1, 0.15) is 44.6 Å². The van der Waals surface area contributed by atoms with Crippen molar-refractivity contribution < 1.29 is 19.5 Å². The number of fused-ring (bicyclic) bond motifs is 1. The van der Waals surface area contributed by atoms with Gasteiger partial charge in [0.1, 0.15) is 6.04 Å². The molecule has 7 nitrogen and oxygen atoms in total. The van der Waals surface area contributed by atoms with Gasteiger partial charge in [0, 0.05) is 26.1 Å². The van der Waals surface area contributed by atoms with Gasteiger partial charge in [-0.2, -0.15) is 0 Å². The van der Waals surface area contributed by atoms with Gasteiger partial charge in [0.15, 0.2) is 0 Å². The Balaban J connectivity index is 1.96. The lowest BCUT2D eigenvalue weighted by atomic mass is 9.68. The summed E-state index contributed by atoms with van der Waals surface area (Å²) in [6.07, 6.45) is 7.76. The molecular weight excluding hydrogens is 454 g/mol. The third-order valence-corrected chi connectivity index (χ3v) is 7.39. The molecule has 1 aromatic carbocycles. The summed E-state index contributed by atoms with van der Waals surface area (Å²) in [4.78, 5) is 42.0. The van der Waals surface area contributed by atoms with Gasteiger partial charge in [-0.3, -0.25) is 14.4 Å². The van der Waals surface area contributed by atoms with Crippen LogP contribution in [-0.2, 0) is 14.4 Å². The van der Waals surface area contributed by atoms with Crippen LogP contribution in [0.25, 0.3) is 0 Å². The monoisotopic (exact) mass is 489 g/mol. The molecule has 0 bridgehead atoms. The van der Waals surface area contributed by atoms with Crippen LogP contribution >= 0.6 is 11.6 Å². The van der Waals surface area contributed by atoms with Crippen molar-refractivity contribution in [1.82, 2.24) is 10.2 Å². The van der Waals surface area contributed by atoms with E-state index >= 15 is 0 Å². The fraction of sp³-hybridized carbons (Fsp3) is 0.577. The molecule has 1 fully saturated rings. The van der Waals surface area contributed by atoms with Crippen LogP contribution in [0.5, 0.6) is 0 Å². The number of halogens is 1. The van der Waals surface area contributed by atoms with Crippen LogP contribution in [-0.4, -0.2) is 54.0 Å². The highest BCUT2D eigenvalue weighted by molar-refractivity contribution is 6.34. The minimum Gasteiger partial charge on any atom is -0.396 e. The number of aryl methyl sites for hydroxylation is 1. The molecule has 0 saturated carbocycles. The Kier molecular flexibility index (Phi) is 9.14. The topological polar surface area (TPSA) is 98.7 Å². The van der Waals surface area contributed by atoms with Crippen molar-refractivity contribution in [3.8, 4) is 0 Å². The first-order valence-corrected chi connectivity index (χ1v) is 12.6. The van der Waals surface area contributed by atoms with Gasteiger partial charge in [0.2, 0.25) is 17.7 Å². The Morgan fingerprint density at radius 3 is 2.56 bits per heavy atom. The predicted molar refractivity (Wildman–Crippen MR) is 133 cm³/mol. The minimum absolute atomic E-state index is 0.0426. The van der Waals surface area contributed by atoms with Crippen molar-refractivity contribution in [2.75, 3.05) is 25.5 Å². The summed E-state index contributed by atoms with van der Waals surface area (Å²) in [6.45, 7) is 4.43. The molecule has 0 radical (unpaired) electrons. The highest BCUT2D eigenvalue weighted by Crippen LogP contribution is 2.45. The molecule has 34 heavy (non-hydrogen) atoms. The number of benzene rings is 1. The summed E-state index contributed by atoms with van der Waals surface area (Å²) in [6, 6.07) is 4.68. The molecule has 3 N–H and O–H groups in total. The predicted octanol–water partition coefficient (Wildman–Crippen LogP) is 3.54. The largest absolute Gasteiger partial charge is 0.396 e. The average Bonchev–Trinajstić information content (AvgIpc) is 3.10. The first kappa shape index (κ1) is 26.2. The fourth-order valence-corrected chi connectivity index (χ4v) is 5.70.